The van der Waals surface area contributed by atoms with Gasteiger partial charge >= 0.3 is 0 Å². The molecule has 0 radical (unpaired) electrons. The number of rotatable bonds is 18. The summed E-state index contributed by atoms with van der Waals surface area (Å²) in [5.41, 5.74) is 0. The molecule has 0 heterocycles. The maximum atomic E-state index is 6.32. The highest BCUT2D eigenvalue weighted by Crippen LogP contribution is 2.45. The Morgan fingerprint density at radius 2 is 0.643 bits per heavy atom. The maximum absolute atomic E-state index is 6.32. The Balaban J connectivity index is 1.80. The second-order valence-corrected chi connectivity index (χ2v) is 13.8. The lowest BCUT2D eigenvalue weighted by atomic mass is 9.94. The van der Waals surface area contributed by atoms with Crippen LogP contribution >= 0.6 is 47.8 Å². The second-order valence-electron chi connectivity index (χ2n) is 11.2. The summed E-state index contributed by atoms with van der Waals surface area (Å²) in [6, 6.07) is 13.2. The minimum atomic E-state index is 0.719. The van der Waals surface area contributed by atoms with E-state index >= 15 is 0 Å². The first kappa shape index (κ1) is 33.4. The van der Waals surface area contributed by atoms with Gasteiger partial charge < -0.3 is 14.2 Å². The van der Waals surface area contributed by atoms with Gasteiger partial charge in [0, 0.05) is 0 Å². The topological polar surface area (TPSA) is 27.7 Å². The van der Waals surface area contributed by atoms with Crippen LogP contribution in [0.5, 0.6) is 17.2 Å². The summed E-state index contributed by atoms with van der Waals surface area (Å²) in [5.74, 6) is 2.66. The van der Waals surface area contributed by atoms with E-state index in [2.05, 4.69) is 105 Å². The average Bonchev–Trinajstić information content (AvgIpc) is 2.98. The van der Waals surface area contributed by atoms with Crippen LogP contribution in [0.2, 0.25) is 0 Å². The Labute approximate surface area is 277 Å². The molecule has 0 aliphatic rings. The Morgan fingerprint density at radius 3 is 0.905 bits per heavy atom. The van der Waals surface area contributed by atoms with Gasteiger partial charge in [-0.15, -0.1) is 0 Å². The van der Waals surface area contributed by atoms with Gasteiger partial charge in [-0.25, -0.2) is 0 Å². The average molecular weight is 765 g/mol. The number of hydrogen-bond acceptors (Lipinski definition) is 3. The van der Waals surface area contributed by atoms with Gasteiger partial charge in [-0.2, -0.15) is 0 Å². The summed E-state index contributed by atoms with van der Waals surface area (Å²) in [6.45, 7) is 8.87. The molecule has 0 spiro atoms. The van der Waals surface area contributed by atoms with Gasteiger partial charge in [0.2, 0.25) is 0 Å². The lowest BCUT2D eigenvalue weighted by Gasteiger charge is -2.18. The molecule has 4 aromatic rings. The van der Waals surface area contributed by atoms with Crippen LogP contribution in [0.3, 0.4) is 0 Å². The minimum absolute atomic E-state index is 0.719. The van der Waals surface area contributed by atoms with Crippen molar-refractivity contribution >= 4 is 80.1 Å². The van der Waals surface area contributed by atoms with E-state index in [1.54, 1.807) is 0 Å². The second kappa shape index (κ2) is 17.1. The van der Waals surface area contributed by atoms with Gasteiger partial charge in [0.1, 0.15) is 17.2 Å². The molecule has 0 amide bonds. The largest absolute Gasteiger partial charge is 0.492 e. The van der Waals surface area contributed by atoms with E-state index in [-0.39, 0.29) is 0 Å². The van der Waals surface area contributed by atoms with E-state index in [0.717, 1.165) is 80.5 Å². The monoisotopic (exact) mass is 762 g/mol. The van der Waals surface area contributed by atoms with Crippen LogP contribution in [-0.2, 0) is 0 Å². The van der Waals surface area contributed by atoms with Crippen molar-refractivity contribution in [2.24, 2.45) is 0 Å². The molecule has 42 heavy (non-hydrogen) atoms. The third kappa shape index (κ3) is 8.57. The zero-order chi connectivity index (χ0) is 29.9. The molecule has 228 valence electrons. The van der Waals surface area contributed by atoms with E-state index < -0.39 is 0 Å². The first-order valence-electron chi connectivity index (χ1n) is 15.9. The molecule has 0 atom stereocenters. The summed E-state index contributed by atoms with van der Waals surface area (Å²) < 4.78 is 21.8. The zero-order valence-electron chi connectivity index (χ0n) is 25.4. The normalized spacial score (nSPS) is 11.6. The van der Waals surface area contributed by atoms with Gasteiger partial charge in [0.05, 0.1) is 33.2 Å². The molecule has 4 rings (SSSR count). The number of fused-ring (bicyclic) bond motifs is 6. The summed E-state index contributed by atoms with van der Waals surface area (Å²) in [7, 11) is 0. The molecule has 4 aromatic carbocycles. The van der Waals surface area contributed by atoms with Crippen molar-refractivity contribution in [3.63, 3.8) is 0 Å². The summed E-state index contributed by atoms with van der Waals surface area (Å²) in [4.78, 5) is 0. The molecule has 0 aliphatic carbocycles. The first-order chi connectivity index (χ1) is 20.5. The summed E-state index contributed by atoms with van der Waals surface area (Å²) in [6.07, 6.45) is 14.2. The highest BCUT2D eigenvalue weighted by atomic mass is 79.9. The summed E-state index contributed by atoms with van der Waals surface area (Å²) in [5, 5.41) is 7.01. The predicted molar refractivity (Wildman–Crippen MR) is 191 cm³/mol. The van der Waals surface area contributed by atoms with Crippen molar-refractivity contribution in [1.29, 1.82) is 0 Å². The van der Waals surface area contributed by atoms with Crippen LogP contribution in [0.15, 0.2) is 49.8 Å². The third-order valence-electron chi connectivity index (χ3n) is 7.85. The van der Waals surface area contributed by atoms with Crippen molar-refractivity contribution in [3.05, 3.63) is 49.8 Å². The fraction of sp³-hybridized carbons (Fsp3) is 0.500. The SMILES string of the molecule is CCCCCCOc1cc2c(cc1Br)c1cc(Br)c(OCCCCCC)cc1c1cc(OCCCCCC)c(Br)cc21. The van der Waals surface area contributed by atoms with E-state index in [4.69, 9.17) is 14.2 Å². The minimum Gasteiger partial charge on any atom is -0.492 e. The first-order valence-corrected chi connectivity index (χ1v) is 18.3. The van der Waals surface area contributed by atoms with Crippen molar-refractivity contribution in [3.8, 4) is 17.2 Å². The van der Waals surface area contributed by atoms with Crippen molar-refractivity contribution in [2.75, 3.05) is 19.8 Å². The fourth-order valence-corrected chi connectivity index (χ4v) is 6.84. The number of hydrogen-bond donors (Lipinski definition) is 0. The van der Waals surface area contributed by atoms with Crippen molar-refractivity contribution in [2.45, 2.75) is 97.8 Å². The Hall–Kier alpha value is -1.50. The predicted octanol–water partition coefficient (Wildman–Crippen LogP) is 13.3. The quantitative estimate of drug-likeness (QED) is 0.0746. The highest BCUT2D eigenvalue weighted by Gasteiger charge is 2.17. The molecule has 0 fully saturated rings. The summed E-state index contributed by atoms with van der Waals surface area (Å²) >= 11 is 11.5. The maximum Gasteiger partial charge on any atom is 0.134 e. The number of unbranched alkanes of at least 4 members (excludes halogenated alkanes) is 9. The van der Waals surface area contributed by atoms with E-state index in [1.807, 2.05) is 0 Å². The van der Waals surface area contributed by atoms with Gasteiger partial charge in [-0.05, 0) is 136 Å². The van der Waals surface area contributed by atoms with Crippen LogP contribution < -0.4 is 14.2 Å². The fourth-order valence-electron chi connectivity index (χ4n) is 5.46. The Bertz CT molecular complexity index is 1470. The molecular weight excluding hydrogens is 720 g/mol. The van der Waals surface area contributed by atoms with Crippen LogP contribution in [0.4, 0.5) is 0 Å². The number of benzene rings is 4. The van der Waals surface area contributed by atoms with Crippen molar-refractivity contribution in [1.82, 2.24) is 0 Å². The highest BCUT2D eigenvalue weighted by molar-refractivity contribution is 9.11. The van der Waals surface area contributed by atoms with E-state index in [1.165, 1.54) is 79.3 Å². The van der Waals surface area contributed by atoms with Crippen LogP contribution in [0.25, 0.3) is 32.3 Å². The molecule has 0 saturated carbocycles. The molecule has 0 unspecified atom stereocenters. The molecule has 3 nitrogen and oxygen atoms in total. The molecule has 0 saturated heterocycles. The van der Waals surface area contributed by atoms with Crippen LogP contribution in [0.1, 0.15) is 97.8 Å². The zero-order valence-corrected chi connectivity index (χ0v) is 30.2. The number of ether oxygens (including phenoxy) is 3. The molecular formula is C36H45Br3O3. The van der Waals surface area contributed by atoms with E-state index in [0.29, 0.717) is 0 Å². The van der Waals surface area contributed by atoms with Crippen LogP contribution in [-0.4, -0.2) is 19.8 Å². The lowest BCUT2D eigenvalue weighted by molar-refractivity contribution is 0.303. The van der Waals surface area contributed by atoms with Crippen LogP contribution in [0, 0.1) is 0 Å². The molecule has 0 aromatic heterocycles. The van der Waals surface area contributed by atoms with Gasteiger partial charge in [-0.1, -0.05) is 78.6 Å². The smallest absolute Gasteiger partial charge is 0.134 e. The lowest BCUT2D eigenvalue weighted by Crippen LogP contribution is -2.00. The van der Waals surface area contributed by atoms with Crippen molar-refractivity contribution < 1.29 is 14.2 Å². The van der Waals surface area contributed by atoms with E-state index in [9.17, 15) is 0 Å². The third-order valence-corrected chi connectivity index (χ3v) is 9.71. The molecule has 0 bridgehead atoms. The molecule has 6 heteroatoms. The standard InChI is InChI=1S/C36H45Br3O3/c1-4-7-10-13-16-40-34-22-28-25(19-31(34)37)26-20-32(38)35(41-17-14-11-8-5-2)23-29(26)30-24-36(33(39)21-27(28)30)42-18-15-12-9-6-3/h19-24H,4-18H2,1-3H3. The number of halogens is 3. The van der Waals surface area contributed by atoms with Gasteiger partial charge in [0.25, 0.3) is 0 Å². The van der Waals surface area contributed by atoms with Gasteiger partial charge in [0.15, 0.2) is 0 Å². The molecule has 0 aliphatic heterocycles. The Morgan fingerprint density at radius 1 is 0.381 bits per heavy atom. The molecule has 0 N–H and O–H groups in total. The van der Waals surface area contributed by atoms with Gasteiger partial charge in [-0.3, -0.25) is 0 Å². The Kier molecular flexibility index (Phi) is 13.6.